The van der Waals surface area contributed by atoms with Crippen molar-refractivity contribution in [2.24, 2.45) is 5.41 Å². The number of carbonyl (C=O) groups is 2. The van der Waals surface area contributed by atoms with Crippen molar-refractivity contribution in [3.63, 3.8) is 0 Å². The van der Waals surface area contributed by atoms with E-state index in [1.807, 2.05) is 38.1 Å². The van der Waals surface area contributed by atoms with Crippen LogP contribution in [0.1, 0.15) is 51.0 Å². The van der Waals surface area contributed by atoms with Crippen LogP contribution in [0.3, 0.4) is 0 Å². The summed E-state index contributed by atoms with van der Waals surface area (Å²) in [6, 6.07) is 7.74. The fraction of sp³-hybridized carbons (Fsp3) is 0.500. The van der Waals surface area contributed by atoms with Crippen LogP contribution < -0.4 is 4.74 Å². The Balaban J connectivity index is 2.02. The minimum atomic E-state index is -0.345. The SMILES string of the molecule is COc1ccc(C2C(=O)C(=C3CCCC[Te]3)C(=O)CC2(C)C)cc1. The van der Waals surface area contributed by atoms with E-state index in [0.717, 1.165) is 24.2 Å². The van der Waals surface area contributed by atoms with E-state index in [-0.39, 0.29) is 43.8 Å². The Hall–Kier alpha value is -1.11. The van der Waals surface area contributed by atoms with Crippen molar-refractivity contribution in [3.8, 4) is 5.75 Å². The normalized spacial score (nSPS) is 27.2. The molecule has 0 N–H and O–H groups in total. The molecule has 4 heteroatoms. The van der Waals surface area contributed by atoms with Crippen molar-refractivity contribution < 1.29 is 14.3 Å². The van der Waals surface area contributed by atoms with Crippen LogP contribution in [0.15, 0.2) is 33.5 Å². The summed E-state index contributed by atoms with van der Waals surface area (Å²) in [5.41, 5.74) is 1.23. The molecule has 1 aromatic rings. The molecule has 3 nitrogen and oxygen atoms in total. The molecule has 1 heterocycles. The summed E-state index contributed by atoms with van der Waals surface area (Å²) in [5.74, 6) is 0.687. The fourth-order valence-electron chi connectivity index (χ4n) is 3.79. The van der Waals surface area contributed by atoms with E-state index in [1.165, 1.54) is 14.5 Å². The monoisotopic (exact) mass is 442 g/mol. The van der Waals surface area contributed by atoms with Gasteiger partial charge in [0, 0.05) is 0 Å². The van der Waals surface area contributed by atoms with E-state index in [9.17, 15) is 9.59 Å². The van der Waals surface area contributed by atoms with Gasteiger partial charge in [-0.25, -0.2) is 0 Å². The van der Waals surface area contributed by atoms with Crippen LogP contribution in [0.4, 0.5) is 0 Å². The van der Waals surface area contributed by atoms with Crippen LogP contribution in [0.2, 0.25) is 4.47 Å². The van der Waals surface area contributed by atoms with Gasteiger partial charge in [-0.05, 0) is 0 Å². The van der Waals surface area contributed by atoms with Crippen molar-refractivity contribution in [1.29, 1.82) is 0 Å². The first-order valence-corrected chi connectivity index (χ1v) is 11.3. The number of hydrogen-bond acceptors (Lipinski definition) is 3. The van der Waals surface area contributed by atoms with Crippen LogP contribution in [0.25, 0.3) is 0 Å². The zero-order chi connectivity index (χ0) is 17.3. The molecule has 0 amide bonds. The van der Waals surface area contributed by atoms with Crippen molar-refractivity contribution in [2.45, 2.75) is 49.9 Å². The number of hydrogen-bond donors (Lipinski definition) is 0. The summed E-state index contributed by atoms with van der Waals surface area (Å²) in [5, 5.41) is 0. The molecule has 3 rings (SSSR count). The quantitative estimate of drug-likeness (QED) is 0.398. The Morgan fingerprint density at radius 2 is 1.83 bits per heavy atom. The van der Waals surface area contributed by atoms with E-state index in [2.05, 4.69) is 0 Å². The molecule has 0 bridgehead atoms. The number of methoxy groups -OCH3 is 1. The first-order chi connectivity index (χ1) is 11.4. The van der Waals surface area contributed by atoms with Gasteiger partial charge >= 0.3 is 154 Å². The molecule has 128 valence electrons. The predicted molar refractivity (Wildman–Crippen MR) is 95.6 cm³/mol. The number of rotatable bonds is 2. The minimum absolute atomic E-state index is 0.0587. The second-order valence-electron chi connectivity index (χ2n) is 7.26. The topological polar surface area (TPSA) is 43.4 Å². The zero-order valence-electron chi connectivity index (χ0n) is 14.6. The average Bonchev–Trinajstić information content (AvgIpc) is 2.55. The maximum atomic E-state index is 13.3. The van der Waals surface area contributed by atoms with Gasteiger partial charge in [0.05, 0.1) is 0 Å². The van der Waals surface area contributed by atoms with Crippen LogP contribution in [-0.4, -0.2) is 39.6 Å². The van der Waals surface area contributed by atoms with Gasteiger partial charge < -0.3 is 0 Å². The molecule has 0 spiro atoms. The van der Waals surface area contributed by atoms with Crippen molar-refractivity contribution >= 4 is 32.5 Å². The number of ether oxygens (including phenoxy) is 1. The van der Waals surface area contributed by atoms with E-state index in [4.69, 9.17) is 4.74 Å². The second kappa shape index (κ2) is 7.02. The fourth-order valence-corrected chi connectivity index (χ4v) is 7.33. The van der Waals surface area contributed by atoms with Crippen LogP contribution in [0, 0.1) is 5.41 Å². The molecule has 2 fully saturated rings. The molecule has 0 aromatic heterocycles. The van der Waals surface area contributed by atoms with Gasteiger partial charge in [-0.15, -0.1) is 0 Å². The van der Waals surface area contributed by atoms with Gasteiger partial charge in [-0.1, -0.05) is 0 Å². The van der Waals surface area contributed by atoms with Crippen molar-refractivity contribution in [3.05, 3.63) is 39.0 Å². The van der Waals surface area contributed by atoms with Crippen molar-refractivity contribution in [2.75, 3.05) is 7.11 Å². The third kappa shape index (κ3) is 3.32. The molecule has 1 aliphatic heterocycles. The van der Waals surface area contributed by atoms with Gasteiger partial charge in [-0.2, -0.15) is 0 Å². The van der Waals surface area contributed by atoms with E-state index in [1.54, 1.807) is 7.11 Å². The summed E-state index contributed by atoms with van der Waals surface area (Å²) < 4.78 is 7.68. The summed E-state index contributed by atoms with van der Waals surface area (Å²) in [6.07, 6.45) is 3.81. The summed E-state index contributed by atoms with van der Waals surface area (Å²) in [6.45, 7) is 4.08. The molecule has 1 saturated carbocycles. The second-order valence-corrected chi connectivity index (χ2v) is 10.7. The molecule has 1 atom stereocenters. The Morgan fingerprint density at radius 1 is 1.12 bits per heavy atom. The van der Waals surface area contributed by atoms with Gasteiger partial charge in [0.25, 0.3) is 0 Å². The van der Waals surface area contributed by atoms with Gasteiger partial charge in [0.2, 0.25) is 0 Å². The Morgan fingerprint density at radius 3 is 2.42 bits per heavy atom. The van der Waals surface area contributed by atoms with Gasteiger partial charge in [0.1, 0.15) is 0 Å². The first kappa shape index (κ1) is 17.7. The standard InChI is InChI=1S/C20H24O3Te/c1-20(2)12-15(21)17(16-6-4-5-11-24-16)19(22)18(20)13-7-9-14(23-3)10-8-13/h7-10,18H,4-6,11-12H2,1-3H3. The van der Waals surface area contributed by atoms with E-state index >= 15 is 0 Å². The molecule has 1 aromatic carbocycles. The van der Waals surface area contributed by atoms with Crippen molar-refractivity contribution in [1.82, 2.24) is 0 Å². The first-order valence-electron chi connectivity index (χ1n) is 8.51. The Labute approximate surface area is 153 Å². The summed E-state index contributed by atoms with van der Waals surface area (Å²) in [7, 11) is 1.64. The summed E-state index contributed by atoms with van der Waals surface area (Å²) >= 11 is -0.332. The molecule has 1 unspecified atom stereocenters. The third-order valence-corrected chi connectivity index (χ3v) is 8.55. The number of carbonyl (C=O) groups excluding carboxylic acids is 2. The van der Waals surface area contributed by atoms with Crippen LogP contribution >= 0.6 is 0 Å². The van der Waals surface area contributed by atoms with E-state index < -0.39 is 0 Å². The number of Topliss-reactive ketones (excluding diaryl/α,β-unsaturated/α-hetero) is 2. The number of ketones is 2. The van der Waals surface area contributed by atoms with Gasteiger partial charge in [-0.3, -0.25) is 0 Å². The summed E-state index contributed by atoms with van der Waals surface area (Å²) in [4.78, 5) is 26.0. The average molecular weight is 440 g/mol. The van der Waals surface area contributed by atoms with Crippen LogP contribution in [-0.2, 0) is 9.59 Å². The van der Waals surface area contributed by atoms with E-state index in [0.29, 0.717) is 12.0 Å². The Bertz CT molecular complexity index is 677. The molecule has 1 saturated heterocycles. The number of allylic oxidation sites excluding steroid dienone is 2. The molecular formula is C20H24O3Te. The third-order valence-electron chi connectivity index (χ3n) is 4.99. The maximum absolute atomic E-state index is 13.3. The molecule has 1 aliphatic carbocycles. The molecule has 0 radical (unpaired) electrons. The molecular weight excluding hydrogens is 416 g/mol. The number of benzene rings is 1. The Kier molecular flexibility index (Phi) is 5.18. The molecule has 24 heavy (non-hydrogen) atoms. The van der Waals surface area contributed by atoms with Crippen LogP contribution in [0.5, 0.6) is 5.75 Å². The molecule has 2 aliphatic rings. The zero-order valence-corrected chi connectivity index (χ0v) is 16.9. The van der Waals surface area contributed by atoms with Gasteiger partial charge in [0.15, 0.2) is 0 Å². The predicted octanol–water partition coefficient (Wildman–Crippen LogP) is 3.91.